The van der Waals surface area contributed by atoms with Gasteiger partial charge in [-0.2, -0.15) is 0 Å². The summed E-state index contributed by atoms with van der Waals surface area (Å²) in [4.78, 5) is 0. The number of allylic oxidation sites excluding steroid dienone is 5. The van der Waals surface area contributed by atoms with Gasteiger partial charge < -0.3 is 0 Å². The van der Waals surface area contributed by atoms with E-state index in [1.165, 1.54) is 0 Å². The molecular weight excluding hydrogens is 132 g/mol. The van der Waals surface area contributed by atoms with Gasteiger partial charge in [0.15, 0.2) is 0 Å². The lowest BCUT2D eigenvalue weighted by Gasteiger charge is -1.94. The Hall–Kier alpha value is -0.780. The molecule has 0 heteroatoms. The lowest BCUT2D eigenvalue weighted by molar-refractivity contribution is 0.664. The molecule has 0 saturated carbocycles. The SMILES string of the molecule is C=C(C)/C=C\C=C/CC(C)C. The molecule has 0 amide bonds. The maximum Gasteiger partial charge on any atom is -0.0324 e. The van der Waals surface area contributed by atoms with Crippen molar-refractivity contribution < 1.29 is 0 Å². The minimum atomic E-state index is 0.754. The summed E-state index contributed by atoms with van der Waals surface area (Å²) < 4.78 is 0. The maximum absolute atomic E-state index is 3.77. The van der Waals surface area contributed by atoms with Gasteiger partial charge in [0, 0.05) is 0 Å². The highest BCUT2D eigenvalue weighted by Crippen LogP contribution is 1.99. The van der Waals surface area contributed by atoms with Crippen LogP contribution in [0.2, 0.25) is 0 Å². The van der Waals surface area contributed by atoms with Gasteiger partial charge >= 0.3 is 0 Å². The third-order valence-electron chi connectivity index (χ3n) is 1.24. The molecule has 0 aromatic heterocycles. The van der Waals surface area contributed by atoms with Crippen molar-refractivity contribution in [3.8, 4) is 0 Å². The van der Waals surface area contributed by atoms with Crippen molar-refractivity contribution in [3.63, 3.8) is 0 Å². The summed E-state index contributed by atoms with van der Waals surface area (Å²) in [7, 11) is 0. The number of hydrogen-bond donors (Lipinski definition) is 0. The van der Waals surface area contributed by atoms with Crippen molar-refractivity contribution in [2.24, 2.45) is 5.92 Å². The fraction of sp³-hybridized carbons (Fsp3) is 0.455. The molecule has 0 saturated heterocycles. The van der Waals surface area contributed by atoms with E-state index in [-0.39, 0.29) is 0 Å². The number of hydrogen-bond acceptors (Lipinski definition) is 0. The summed E-state index contributed by atoms with van der Waals surface area (Å²) in [6.45, 7) is 10.2. The first-order chi connectivity index (χ1) is 5.13. The van der Waals surface area contributed by atoms with E-state index in [1.807, 2.05) is 19.1 Å². The third kappa shape index (κ3) is 9.22. The Morgan fingerprint density at radius 2 is 2.00 bits per heavy atom. The van der Waals surface area contributed by atoms with Crippen LogP contribution in [0.1, 0.15) is 27.2 Å². The molecule has 0 aliphatic carbocycles. The molecule has 0 unspecified atom stereocenters. The topological polar surface area (TPSA) is 0 Å². The van der Waals surface area contributed by atoms with Gasteiger partial charge in [-0.05, 0) is 19.3 Å². The molecule has 0 rings (SSSR count). The van der Waals surface area contributed by atoms with E-state index in [2.05, 4.69) is 32.6 Å². The van der Waals surface area contributed by atoms with E-state index < -0.39 is 0 Å². The van der Waals surface area contributed by atoms with Crippen molar-refractivity contribution in [1.29, 1.82) is 0 Å². The largest absolute Gasteiger partial charge is 0.0961 e. The lowest BCUT2D eigenvalue weighted by Crippen LogP contribution is -1.80. The zero-order valence-electron chi connectivity index (χ0n) is 7.80. The van der Waals surface area contributed by atoms with E-state index in [1.54, 1.807) is 0 Å². The van der Waals surface area contributed by atoms with Gasteiger partial charge in [-0.15, -0.1) is 0 Å². The van der Waals surface area contributed by atoms with Gasteiger partial charge in [-0.25, -0.2) is 0 Å². The van der Waals surface area contributed by atoms with Gasteiger partial charge in [0.25, 0.3) is 0 Å². The molecule has 0 N–H and O–H groups in total. The second kappa shape index (κ2) is 5.96. The van der Waals surface area contributed by atoms with Crippen LogP contribution >= 0.6 is 0 Å². The highest BCUT2D eigenvalue weighted by molar-refractivity contribution is 5.16. The van der Waals surface area contributed by atoms with Gasteiger partial charge in [-0.1, -0.05) is 50.3 Å². The Balaban J connectivity index is 3.52. The highest BCUT2D eigenvalue weighted by Gasteiger charge is 1.84. The summed E-state index contributed by atoms with van der Waals surface area (Å²) >= 11 is 0. The first-order valence-corrected chi connectivity index (χ1v) is 4.11. The molecule has 0 aliphatic rings. The van der Waals surface area contributed by atoms with E-state index in [0.717, 1.165) is 17.9 Å². The zero-order valence-corrected chi connectivity index (χ0v) is 7.80. The molecule has 0 fully saturated rings. The van der Waals surface area contributed by atoms with E-state index in [0.29, 0.717) is 0 Å². The predicted molar refractivity (Wildman–Crippen MR) is 52.5 cm³/mol. The van der Waals surface area contributed by atoms with Crippen LogP contribution in [0.5, 0.6) is 0 Å². The average molecular weight is 150 g/mol. The summed E-state index contributed by atoms with van der Waals surface area (Å²) in [5.41, 5.74) is 1.10. The molecule has 0 aromatic rings. The molecule has 0 heterocycles. The van der Waals surface area contributed by atoms with Crippen molar-refractivity contribution in [1.82, 2.24) is 0 Å². The summed E-state index contributed by atoms with van der Waals surface area (Å²) in [6, 6.07) is 0. The van der Waals surface area contributed by atoms with Crippen LogP contribution in [-0.2, 0) is 0 Å². The molecule has 0 atom stereocenters. The Morgan fingerprint density at radius 1 is 1.36 bits per heavy atom. The minimum absolute atomic E-state index is 0.754. The van der Waals surface area contributed by atoms with Crippen LogP contribution in [0.15, 0.2) is 36.5 Å². The van der Waals surface area contributed by atoms with Gasteiger partial charge in [0.2, 0.25) is 0 Å². The van der Waals surface area contributed by atoms with E-state index >= 15 is 0 Å². The molecule has 0 nitrogen and oxygen atoms in total. The van der Waals surface area contributed by atoms with E-state index in [4.69, 9.17) is 0 Å². The van der Waals surface area contributed by atoms with Crippen molar-refractivity contribution in [3.05, 3.63) is 36.5 Å². The summed E-state index contributed by atoms with van der Waals surface area (Å²) in [6.07, 6.45) is 9.46. The second-order valence-corrected chi connectivity index (χ2v) is 3.26. The fourth-order valence-corrected chi connectivity index (χ4v) is 0.649. The first-order valence-electron chi connectivity index (χ1n) is 4.11. The Bertz CT molecular complexity index is 159. The quantitative estimate of drug-likeness (QED) is 0.536. The third-order valence-corrected chi connectivity index (χ3v) is 1.24. The monoisotopic (exact) mass is 150 g/mol. The molecule has 0 aliphatic heterocycles. The minimum Gasteiger partial charge on any atom is -0.0961 e. The lowest BCUT2D eigenvalue weighted by atomic mass is 10.1. The van der Waals surface area contributed by atoms with Crippen LogP contribution < -0.4 is 0 Å². The predicted octanol–water partition coefficient (Wildman–Crippen LogP) is 3.72. The van der Waals surface area contributed by atoms with Gasteiger partial charge in [0.1, 0.15) is 0 Å². The highest BCUT2D eigenvalue weighted by atomic mass is 13.9. The van der Waals surface area contributed by atoms with Crippen LogP contribution in [-0.4, -0.2) is 0 Å². The molecule has 0 spiro atoms. The van der Waals surface area contributed by atoms with Crippen molar-refractivity contribution in [2.45, 2.75) is 27.2 Å². The average Bonchev–Trinajstić information content (AvgIpc) is 1.85. The number of rotatable bonds is 4. The van der Waals surface area contributed by atoms with Gasteiger partial charge in [-0.3, -0.25) is 0 Å². The van der Waals surface area contributed by atoms with Crippen LogP contribution in [0.4, 0.5) is 0 Å². The zero-order chi connectivity index (χ0) is 8.69. The fourth-order valence-electron chi connectivity index (χ4n) is 0.649. The van der Waals surface area contributed by atoms with Crippen molar-refractivity contribution >= 4 is 0 Å². The first kappa shape index (κ1) is 10.2. The van der Waals surface area contributed by atoms with Crippen LogP contribution in [0.25, 0.3) is 0 Å². The molecular formula is C11H18. The molecule has 0 aromatic carbocycles. The standard InChI is InChI=1S/C11H18/c1-10(2)8-6-5-7-9-11(3)4/h5-8,11H,1,9H2,2-4H3/b7-5-,8-6-. The van der Waals surface area contributed by atoms with E-state index in [9.17, 15) is 0 Å². The summed E-state index contributed by atoms with van der Waals surface area (Å²) in [5, 5.41) is 0. The normalized spacial score (nSPS) is 12.0. The smallest absolute Gasteiger partial charge is 0.0324 e. The molecule has 0 bridgehead atoms. The van der Waals surface area contributed by atoms with Crippen molar-refractivity contribution in [2.75, 3.05) is 0 Å². The summed E-state index contributed by atoms with van der Waals surface area (Å²) in [5.74, 6) is 0.754. The Morgan fingerprint density at radius 3 is 2.45 bits per heavy atom. The maximum atomic E-state index is 3.77. The van der Waals surface area contributed by atoms with Crippen LogP contribution in [0.3, 0.4) is 0 Å². The Labute approximate surface area is 70.3 Å². The van der Waals surface area contributed by atoms with Gasteiger partial charge in [0.05, 0.1) is 0 Å². The van der Waals surface area contributed by atoms with Crippen LogP contribution in [0, 0.1) is 5.92 Å². The molecule has 0 radical (unpaired) electrons. The molecule has 62 valence electrons. The second-order valence-electron chi connectivity index (χ2n) is 3.26. The Kier molecular flexibility index (Phi) is 5.54. The molecule has 11 heavy (non-hydrogen) atoms.